The molecule has 0 saturated heterocycles. The minimum Gasteiger partial charge on any atom is -0.0651 e. The van der Waals surface area contributed by atoms with Gasteiger partial charge >= 0.3 is 0 Å². The van der Waals surface area contributed by atoms with Crippen molar-refractivity contribution >= 4 is 0 Å². The van der Waals surface area contributed by atoms with Gasteiger partial charge in [0.2, 0.25) is 0 Å². The third-order valence-electron chi connectivity index (χ3n) is 9.02. The Kier molecular flexibility index (Phi) is 8.55. The number of fused-ring (bicyclic) bond motifs is 1. The van der Waals surface area contributed by atoms with Crippen LogP contribution in [0.25, 0.3) is 0 Å². The second-order valence-electron chi connectivity index (χ2n) is 11.3. The molecule has 0 N–H and O–H groups in total. The molecule has 8 atom stereocenters. The predicted molar refractivity (Wildman–Crippen MR) is 117 cm³/mol. The van der Waals surface area contributed by atoms with Crippen LogP contribution in [0.3, 0.4) is 0 Å². The van der Waals surface area contributed by atoms with Crippen molar-refractivity contribution in [3.05, 3.63) is 0 Å². The zero-order chi connectivity index (χ0) is 19.4. The van der Waals surface area contributed by atoms with Crippen molar-refractivity contribution < 1.29 is 0 Å². The zero-order valence-electron chi connectivity index (χ0n) is 19.4. The van der Waals surface area contributed by atoms with E-state index in [4.69, 9.17) is 0 Å². The lowest BCUT2D eigenvalue weighted by molar-refractivity contribution is 0.0602. The van der Waals surface area contributed by atoms with Gasteiger partial charge in [-0.25, -0.2) is 0 Å². The molecule has 3 aliphatic rings. The molecule has 0 aliphatic heterocycles. The van der Waals surface area contributed by atoms with Crippen molar-refractivity contribution in [1.82, 2.24) is 0 Å². The Morgan fingerprint density at radius 3 is 1.85 bits per heavy atom. The first-order valence-electron chi connectivity index (χ1n) is 12.2. The Balaban J connectivity index is 0.000000209. The van der Waals surface area contributed by atoms with E-state index >= 15 is 0 Å². The molecular formula is C26H50. The minimum absolute atomic E-state index is 0.898. The molecule has 0 aromatic carbocycles. The van der Waals surface area contributed by atoms with Crippen molar-refractivity contribution in [2.45, 2.75) is 107 Å². The van der Waals surface area contributed by atoms with Gasteiger partial charge in [0, 0.05) is 0 Å². The molecule has 0 aromatic heterocycles. The van der Waals surface area contributed by atoms with Crippen molar-refractivity contribution in [1.29, 1.82) is 0 Å². The summed E-state index contributed by atoms with van der Waals surface area (Å²) >= 11 is 0. The van der Waals surface area contributed by atoms with Crippen LogP contribution in [0.4, 0.5) is 0 Å². The maximum Gasteiger partial charge on any atom is -0.0352 e. The molecule has 0 bridgehead atoms. The molecule has 0 aromatic rings. The summed E-state index contributed by atoms with van der Waals surface area (Å²) in [6.07, 6.45) is 11.9. The molecule has 0 spiro atoms. The largest absolute Gasteiger partial charge is 0.0651 e. The molecule has 3 saturated carbocycles. The smallest absolute Gasteiger partial charge is 0.0352 e. The Hall–Kier alpha value is 0. The fourth-order valence-corrected chi connectivity index (χ4v) is 6.56. The van der Waals surface area contributed by atoms with E-state index in [2.05, 4.69) is 55.4 Å². The molecule has 3 fully saturated rings. The van der Waals surface area contributed by atoms with Crippen LogP contribution in [0.15, 0.2) is 0 Å². The summed E-state index contributed by atoms with van der Waals surface area (Å²) in [7, 11) is 0. The van der Waals surface area contributed by atoms with Gasteiger partial charge in [-0.3, -0.25) is 0 Å². The van der Waals surface area contributed by atoms with Crippen LogP contribution in [-0.4, -0.2) is 0 Å². The highest BCUT2D eigenvalue weighted by Crippen LogP contribution is 2.53. The van der Waals surface area contributed by atoms with E-state index in [0.717, 1.165) is 59.2 Å². The van der Waals surface area contributed by atoms with Crippen LogP contribution in [0.5, 0.6) is 0 Å². The van der Waals surface area contributed by atoms with Crippen molar-refractivity contribution in [3.8, 4) is 0 Å². The molecule has 0 heterocycles. The van der Waals surface area contributed by atoms with E-state index in [1.807, 2.05) is 0 Å². The van der Waals surface area contributed by atoms with Crippen LogP contribution >= 0.6 is 0 Å². The van der Waals surface area contributed by atoms with Gasteiger partial charge < -0.3 is 0 Å². The lowest BCUT2D eigenvalue weighted by Gasteiger charge is -2.43. The maximum atomic E-state index is 2.50. The van der Waals surface area contributed by atoms with Gasteiger partial charge in [-0.1, -0.05) is 81.1 Å². The van der Waals surface area contributed by atoms with Gasteiger partial charge in [0.25, 0.3) is 0 Å². The third kappa shape index (κ3) is 5.51. The van der Waals surface area contributed by atoms with Crippen molar-refractivity contribution in [2.24, 2.45) is 59.2 Å². The predicted octanol–water partition coefficient (Wildman–Crippen LogP) is 8.46. The van der Waals surface area contributed by atoms with E-state index in [1.165, 1.54) is 51.4 Å². The van der Waals surface area contributed by atoms with Crippen LogP contribution < -0.4 is 0 Å². The van der Waals surface area contributed by atoms with Crippen molar-refractivity contribution in [2.75, 3.05) is 0 Å². The quantitative estimate of drug-likeness (QED) is 0.472. The summed E-state index contributed by atoms with van der Waals surface area (Å²) in [6.45, 7) is 19.4. The molecule has 0 amide bonds. The summed E-state index contributed by atoms with van der Waals surface area (Å²) in [5.41, 5.74) is 0. The molecule has 8 unspecified atom stereocenters. The van der Waals surface area contributed by atoms with E-state index in [-0.39, 0.29) is 0 Å². The highest BCUT2D eigenvalue weighted by molar-refractivity contribution is 4.94. The maximum absolute atomic E-state index is 2.50. The van der Waals surface area contributed by atoms with Crippen LogP contribution in [0.2, 0.25) is 0 Å². The third-order valence-corrected chi connectivity index (χ3v) is 9.02. The number of rotatable bonds is 3. The lowest BCUT2D eigenvalue weighted by Crippen LogP contribution is -2.35. The van der Waals surface area contributed by atoms with Gasteiger partial charge in [0.1, 0.15) is 0 Å². The van der Waals surface area contributed by atoms with E-state index < -0.39 is 0 Å². The highest BCUT2D eigenvalue weighted by Gasteiger charge is 2.44. The average Bonchev–Trinajstić information content (AvgIpc) is 2.98. The number of hydrogen-bond donors (Lipinski definition) is 0. The summed E-state index contributed by atoms with van der Waals surface area (Å²) in [5.74, 6) is 10.00. The Labute approximate surface area is 166 Å². The first kappa shape index (κ1) is 22.3. The molecular weight excluding hydrogens is 312 g/mol. The van der Waals surface area contributed by atoms with Crippen LogP contribution in [0.1, 0.15) is 107 Å². The van der Waals surface area contributed by atoms with E-state index in [1.54, 1.807) is 0 Å². The summed E-state index contributed by atoms with van der Waals surface area (Å²) in [4.78, 5) is 0. The van der Waals surface area contributed by atoms with Crippen LogP contribution in [0, 0.1) is 59.2 Å². The molecule has 0 heteroatoms. The lowest BCUT2D eigenvalue weighted by atomic mass is 9.62. The van der Waals surface area contributed by atoms with E-state index in [9.17, 15) is 0 Å². The Morgan fingerprint density at radius 2 is 1.31 bits per heavy atom. The second-order valence-corrected chi connectivity index (χ2v) is 11.3. The SMILES string of the molecule is CC(C)C1CC(C(C)C)C2CCC(C)C2C1.CCC1CCC(C)C(C)C1. The highest BCUT2D eigenvalue weighted by atomic mass is 14.5. The fraction of sp³-hybridized carbons (Fsp3) is 1.00. The van der Waals surface area contributed by atoms with Gasteiger partial charge in [-0.05, 0) is 84.9 Å². The molecule has 26 heavy (non-hydrogen) atoms. The molecule has 0 radical (unpaired) electrons. The minimum atomic E-state index is 0.898. The Bertz CT molecular complexity index is 395. The molecule has 0 nitrogen and oxygen atoms in total. The normalized spacial score (nSPS) is 43.2. The summed E-state index contributed by atoms with van der Waals surface area (Å²) in [6, 6.07) is 0. The summed E-state index contributed by atoms with van der Waals surface area (Å²) in [5, 5.41) is 0. The molecule has 3 aliphatic carbocycles. The number of hydrogen-bond acceptors (Lipinski definition) is 0. The standard InChI is InChI=1S/C16H30.C10H20/c1-10(2)13-8-15(11(3)4)14-7-6-12(5)16(14)9-13;1-4-10-6-5-8(2)9(3)7-10/h10-16H,6-9H2,1-5H3;8-10H,4-7H2,1-3H3. The topological polar surface area (TPSA) is 0 Å². The first-order chi connectivity index (χ1) is 12.2. The van der Waals surface area contributed by atoms with Crippen molar-refractivity contribution in [3.63, 3.8) is 0 Å². The zero-order valence-corrected chi connectivity index (χ0v) is 19.4. The van der Waals surface area contributed by atoms with Crippen LogP contribution in [-0.2, 0) is 0 Å². The summed E-state index contributed by atoms with van der Waals surface area (Å²) < 4.78 is 0. The van der Waals surface area contributed by atoms with E-state index in [0.29, 0.717) is 0 Å². The first-order valence-corrected chi connectivity index (χ1v) is 12.2. The second kappa shape index (κ2) is 9.97. The van der Waals surface area contributed by atoms with Gasteiger partial charge in [-0.2, -0.15) is 0 Å². The fourth-order valence-electron chi connectivity index (χ4n) is 6.56. The molecule has 3 rings (SSSR count). The average molecular weight is 363 g/mol. The van der Waals surface area contributed by atoms with Gasteiger partial charge in [0.05, 0.1) is 0 Å². The van der Waals surface area contributed by atoms with Gasteiger partial charge in [-0.15, -0.1) is 0 Å². The van der Waals surface area contributed by atoms with Gasteiger partial charge in [0.15, 0.2) is 0 Å². The molecule has 154 valence electrons. The Morgan fingerprint density at radius 1 is 0.654 bits per heavy atom. The monoisotopic (exact) mass is 362 g/mol.